The summed E-state index contributed by atoms with van der Waals surface area (Å²) in [5.74, 6) is 1.48. The van der Waals surface area contributed by atoms with E-state index in [1.54, 1.807) is 17.0 Å². The van der Waals surface area contributed by atoms with E-state index in [0.29, 0.717) is 19.5 Å². The summed E-state index contributed by atoms with van der Waals surface area (Å²) in [7, 11) is 0. The van der Waals surface area contributed by atoms with Crippen LogP contribution in [0, 0.1) is 12.7 Å². The lowest BCUT2D eigenvalue weighted by Crippen LogP contribution is -2.29. The van der Waals surface area contributed by atoms with Gasteiger partial charge in [-0.05, 0) is 43.2 Å². The molecule has 26 heavy (non-hydrogen) atoms. The number of carbonyl (C=O) groups is 1. The zero-order valence-corrected chi connectivity index (χ0v) is 16.0. The molecule has 2 rings (SSSR count). The fourth-order valence-corrected chi connectivity index (χ4v) is 3.02. The fraction of sp³-hybridized carbons (Fsp3) is 0.500. The van der Waals surface area contributed by atoms with Crippen LogP contribution < -0.4 is 0 Å². The van der Waals surface area contributed by atoms with Crippen LogP contribution in [0.5, 0.6) is 0 Å². The Hall–Kier alpha value is -2.10. The molecular formula is C22H30FNO2. The fourth-order valence-electron chi connectivity index (χ4n) is 3.02. The molecule has 4 heteroatoms. The van der Waals surface area contributed by atoms with Crippen molar-refractivity contribution < 1.29 is 13.6 Å². The number of aryl methyl sites for hydroxylation is 1. The molecule has 0 atom stereocenters. The van der Waals surface area contributed by atoms with Gasteiger partial charge in [-0.3, -0.25) is 4.79 Å². The molecule has 1 aromatic heterocycles. The Morgan fingerprint density at radius 1 is 0.962 bits per heavy atom. The standard InChI is InChI=1S/C22H30FNO2/c1-3-4-5-6-7-8-9-22(25)24(17-21-15-10-18(2)26-21)16-19-11-13-20(23)14-12-19/h10-15H,3-9,16-17H2,1-2H3. The molecule has 0 saturated heterocycles. The summed E-state index contributed by atoms with van der Waals surface area (Å²) < 4.78 is 18.8. The largest absolute Gasteiger partial charge is 0.464 e. The molecule has 0 N–H and O–H groups in total. The molecule has 142 valence electrons. The van der Waals surface area contributed by atoms with Gasteiger partial charge in [0, 0.05) is 13.0 Å². The summed E-state index contributed by atoms with van der Waals surface area (Å²) >= 11 is 0. The molecule has 0 saturated carbocycles. The highest BCUT2D eigenvalue weighted by atomic mass is 19.1. The molecule has 0 spiro atoms. The van der Waals surface area contributed by atoms with E-state index in [-0.39, 0.29) is 11.7 Å². The van der Waals surface area contributed by atoms with Crippen molar-refractivity contribution in [2.75, 3.05) is 0 Å². The van der Waals surface area contributed by atoms with Crippen molar-refractivity contribution in [2.45, 2.75) is 71.9 Å². The van der Waals surface area contributed by atoms with Crippen molar-refractivity contribution in [3.05, 3.63) is 59.3 Å². The molecule has 1 heterocycles. The minimum atomic E-state index is -0.264. The molecule has 0 bridgehead atoms. The van der Waals surface area contributed by atoms with Crippen LogP contribution in [0.3, 0.4) is 0 Å². The van der Waals surface area contributed by atoms with Crippen molar-refractivity contribution in [3.8, 4) is 0 Å². The smallest absolute Gasteiger partial charge is 0.223 e. The Balaban J connectivity index is 1.92. The molecule has 0 fully saturated rings. The maximum atomic E-state index is 13.1. The van der Waals surface area contributed by atoms with E-state index < -0.39 is 0 Å². The zero-order valence-electron chi connectivity index (χ0n) is 16.0. The Morgan fingerprint density at radius 3 is 2.31 bits per heavy atom. The van der Waals surface area contributed by atoms with Gasteiger partial charge in [-0.2, -0.15) is 0 Å². The van der Waals surface area contributed by atoms with Crippen LogP contribution in [0.2, 0.25) is 0 Å². The highest BCUT2D eigenvalue weighted by Crippen LogP contribution is 2.16. The first-order chi connectivity index (χ1) is 12.6. The molecule has 0 aliphatic heterocycles. The van der Waals surface area contributed by atoms with Gasteiger partial charge in [0.25, 0.3) is 0 Å². The van der Waals surface area contributed by atoms with Crippen molar-refractivity contribution in [1.29, 1.82) is 0 Å². The Morgan fingerprint density at radius 2 is 1.65 bits per heavy atom. The van der Waals surface area contributed by atoms with Crippen molar-refractivity contribution in [3.63, 3.8) is 0 Å². The number of furan rings is 1. The second kappa shape index (κ2) is 10.8. The third-order valence-electron chi connectivity index (χ3n) is 4.53. The lowest BCUT2D eigenvalue weighted by atomic mass is 10.1. The topological polar surface area (TPSA) is 33.5 Å². The summed E-state index contributed by atoms with van der Waals surface area (Å²) in [6.45, 7) is 5.01. The first-order valence-electron chi connectivity index (χ1n) is 9.66. The highest BCUT2D eigenvalue weighted by Gasteiger charge is 2.16. The Labute approximate surface area is 156 Å². The molecule has 1 amide bonds. The summed E-state index contributed by atoms with van der Waals surface area (Å²) in [6.07, 6.45) is 7.49. The van der Waals surface area contributed by atoms with E-state index in [9.17, 15) is 9.18 Å². The van der Waals surface area contributed by atoms with Gasteiger partial charge in [-0.15, -0.1) is 0 Å². The van der Waals surface area contributed by atoms with E-state index in [1.165, 1.54) is 37.8 Å². The van der Waals surface area contributed by atoms with E-state index in [2.05, 4.69) is 6.92 Å². The normalized spacial score (nSPS) is 10.9. The third kappa shape index (κ3) is 7.03. The number of nitrogens with zero attached hydrogens (tertiary/aromatic N) is 1. The average molecular weight is 359 g/mol. The third-order valence-corrected chi connectivity index (χ3v) is 4.53. The van der Waals surface area contributed by atoms with Gasteiger partial charge >= 0.3 is 0 Å². The molecule has 0 unspecified atom stereocenters. The Bertz CT molecular complexity index is 663. The first-order valence-corrected chi connectivity index (χ1v) is 9.66. The summed E-state index contributed by atoms with van der Waals surface area (Å²) in [4.78, 5) is 14.5. The number of hydrogen-bond donors (Lipinski definition) is 0. The maximum Gasteiger partial charge on any atom is 0.223 e. The molecular weight excluding hydrogens is 329 g/mol. The predicted octanol–water partition coefficient (Wildman–Crippen LogP) is 6.01. The van der Waals surface area contributed by atoms with E-state index in [0.717, 1.165) is 29.9 Å². The SMILES string of the molecule is CCCCCCCCC(=O)N(Cc1ccc(F)cc1)Cc1ccc(C)o1. The second-order valence-corrected chi connectivity index (χ2v) is 6.91. The van der Waals surface area contributed by atoms with E-state index in [1.807, 2.05) is 19.1 Å². The van der Waals surface area contributed by atoms with Crippen LogP contribution >= 0.6 is 0 Å². The van der Waals surface area contributed by atoms with E-state index >= 15 is 0 Å². The van der Waals surface area contributed by atoms with Gasteiger partial charge in [0.1, 0.15) is 17.3 Å². The van der Waals surface area contributed by atoms with Crippen molar-refractivity contribution in [1.82, 2.24) is 4.90 Å². The Kier molecular flexibility index (Phi) is 8.39. The molecule has 0 radical (unpaired) electrons. The molecule has 3 nitrogen and oxygen atoms in total. The van der Waals surface area contributed by atoms with Gasteiger partial charge < -0.3 is 9.32 Å². The first kappa shape index (κ1) is 20.2. The van der Waals surface area contributed by atoms with Crippen LogP contribution in [0.15, 0.2) is 40.8 Å². The number of rotatable bonds is 11. The quantitative estimate of drug-likeness (QED) is 0.461. The summed E-state index contributed by atoms with van der Waals surface area (Å²) in [6, 6.07) is 10.1. The van der Waals surface area contributed by atoms with E-state index in [4.69, 9.17) is 4.42 Å². The van der Waals surface area contributed by atoms with Crippen LogP contribution in [-0.2, 0) is 17.9 Å². The number of halogens is 1. The minimum absolute atomic E-state index is 0.124. The van der Waals surface area contributed by atoms with Crippen LogP contribution in [0.25, 0.3) is 0 Å². The molecule has 0 aliphatic rings. The van der Waals surface area contributed by atoms with Crippen LogP contribution in [0.1, 0.15) is 69.0 Å². The average Bonchev–Trinajstić information content (AvgIpc) is 3.04. The summed E-state index contributed by atoms with van der Waals surface area (Å²) in [5.41, 5.74) is 0.922. The van der Waals surface area contributed by atoms with Gasteiger partial charge in [0.05, 0.1) is 6.54 Å². The molecule has 0 aliphatic carbocycles. The highest BCUT2D eigenvalue weighted by molar-refractivity contribution is 5.76. The van der Waals surface area contributed by atoms with Crippen LogP contribution in [0.4, 0.5) is 4.39 Å². The number of amides is 1. The predicted molar refractivity (Wildman–Crippen MR) is 102 cm³/mol. The maximum absolute atomic E-state index is 13.1. The summed E-state index contributed by atoms with van der Waals surface area (Å²) in [5, 5.41) is 0. The lowest BCUT2D eigenvalue weighted by Gasteiger charge is -2.22. The van der Waals surface area contributed by atoms with Crippen molar-refractivity contribution >= 4 is 5.91 Å². The number of unbranched alkanes of at least 4 members (excludes halogenated alkanes) is 5. The zero-order chi connectivity index (χ0) is 18.8. The van der Waals surface area contributed by atoms with Crippen molar-refractivity contribution in [2.24, 2.45) is 0 Å². The number of hydrogen-bond acceptors (Lipinski definition) is 2. The lowest BCUT2D eigenvalue weighted by molar-refractivity contribution is -0.132. The van der Waals surface area contributed by atoms with Gasteiger partial charge in [0.2, 0.25) is 5.91 Å². The van der Waals surface area contributed by atoms with Crippen LogP contribution in [-0.4, -0.2) is 10.8 Å². The minimum Gasteiger partial charge on any atom is -0.464 e. The second-order valence-electron chi connectivity index (χ2n) is 6.91. The van der Waals surface area contributed by atoms with Gasteiger partial charge in [-0.1, -0.05) is 51.2 Å². The monoisotopic (exact) mass is 359 g/mol. The molecule has 1 aromatic carbocycles. The molecule has 2 aromatic rings. The number of carbonyl (C=O) groups excluding carboxylic acids is 1. The van der Waals surface area contributed by atoms with Gasteiger partial charge in [0.15, 0.2) is 0 Å². The van der Waals surface area contributed by atoms with Gasteiger partial charge in [-0.25, -0.2) is 4.39 Å². The number of benzene rings is 1.